The highest BCUT2D eigenvalue weighted by Gasteiger charge is 2.16. The summed E-state index contributed by atoms with van der Waals surface area (Å²) in [4.78, 5) is 3.32. The molecule has 0 bridgehead atoms. The Morgan fingerprint density at radius 2 is 1.84 bits per heavy atom. The fourth-order valence-electron chi connectivity index (χ4n) is 1.31. The number of halogens is 3. The minimum absolute atomic E-state index is 0.0899. The van der Waals surface area contributed by atoms with E-state index in [-0.39, 0.29) is 20.8 Å². The molecule has 4 nitrogen and oxygen atoms in total. The largest absolute Gasteiger partial charge is 0.263 e. The van der Waals surface area contributed by atoms with Gasteiger partial charge in [0.25, 0.3) is 10.0 Å². The van der Waals surface area contributed by atoms with Crippen LogP contribution in [0.3, 0.4) is 0 Å². The molecule has 0 aliphatic heterocycles. The van der Waals surface area contributed by atoms with E-state index in [1.807, 2.05) is 0 Å². The van der Waals surface area contributed by atoms with Gasteiger partial charge in [0.1, 0.15) is 5.82 Å². The maximum atomic E-state index is 12.9. The number of hydrogen-bond donors (Lipinski definition) is 1. The molecule has 0 saturated heterocycles. The van der Waals surface area contributed by atoms with Crippen molar-refractivity contribution in [3.63, 3.8) is 0 Å². The standard InChI is InChI=1S/C11H7Cl2FN2O2S/c12-8-5-4-7(6-9(8)13)19(17,18)16-11-3-1-2-10(14)15-11/h1-6H,(H,15,16). The van der Waals surface area contributed by atoms with Gasteiger partial charge in [-0.25, -0.2) is 13.4 Å². The van der Waals surface area contributed by atoms with Crippen LogP contribution in [-0.2, 0) is 10.0 Å². The van der Waals surface area contributed by atoms with E-state index in [9.17, 15) is 12.8 Å². The van der Waals surface area contributed by atoms with Crippen LogP contribution in [0.1, 0.15) is 0 Å². The number of sulfonamides is 1. The molecular formula is C11H7Cl2FN2O2S. The van der Waals surface area contributed by atoms with Gasteiger partial charge in [-0.2, -0.15) is 4.39 Å². The Morgan fingerprint density at radius 3 is 2.47 bits per heavy atom. The lowest BCUT2D eigenvalue weighted by Crippen LogP contribution is -2.14. The lowest BCUT2D eigenvalue weighted by Gasteiger charge is -2.07. The molecule has 0 aliphatic rings. The zero-order valence-corrected chi connectivity index (χ0v) is 11.6. The van der Waals surface area contributed by atoms with Gasteiger partial charge in [0.15, 0.2) is 0 Å². The van der Waals surface area contributed by atoms with Gasteiger partial charge in [-0.1, -0.05) is 29.3 Å². The molecule has 1 heterocycles. The zero-order valence-electron chi connectivity index (χ0n) is 9.27. The number of nitrogens with one attached hydrogen (secondary N) is 1. The summed E-state index contributed by atoms with van der Waals surface area (Å²) in [6.07, 6.45) is 0. The van der Waals surface area contributed by atoms with Crippen molar-refractivity contribution in [2.24, 2.45) is 0 Å². The predicted octanol–water partition coefficient (Wildman–Crippen LogP) is 3.33. The Balaban J connectivity index is 2.35. The molecule has 0 unspecified atom stereocenters. The third kappa shape index (κ3) is 3.34. The number of pyridine rings is 1. The molecule has 1 N–H and O–H groups in total. The summed E-state index contributed by atoms with van der Waals surface area (Å²) in [6.45, 7) is 0. The van der Waals surface area contributed by atoms with Gasteiger partial charge in [-0.3, -0.25) is 4.72 Å². The van der Waals surface area contributed by atoms with Crippen LogP contribution >= 0.6 is 23.2 Å². The van der Waals surface area contributed by atoms with Crippen LogP contribution < -0.4 is 4.72 Å². The Hall–Kier alpha value is -1.37. The Kier molecular flexibility index (Phi) is 3.93. The molecule has 0 spiro atoms. The fraction of sp³-hybridized carbons (Fsp3) is 0. The highest BCUT2D eigenvalue weighted by Crippen LogP contribution is 2.25. The van der Waals surface area contributed by atoms with Gasteiger partial charge in [0.05, 0.1) is 14.9 Å². The normalized spacial score (nSPS) is 11.3. The molecule has 0 fully saturated rings. The zero-order chi connectivity index (χ0) is 14.0. The first-order chi connectivity index (χ1) is 8.88. The highest BCUT2D eigenvalue weighted by atomic mass is 35.5. The first-order valence-corrected chi connectivity index (χ1v) is 7.23. The van der Waals surface area contributed by atoms with Gasteiger partial charge in [0, 0.05) is 0 Å². The molecule has 0 atom stereocenters. The van der Waals surface area contributed by atoms with Crippen LogP contribution in [0, 0.1) is 5.95 Å². The first-order valence-electron chi connectivity index (χ1n) is 4.99. The quantitative estimate of drug-likeness (QED) is 0.882. The van der Waals surface area contributed by atoms with Gasteiger partial charge in [0.2, 0.25) is 5.95 Å². The van der Waals surface area contributed by atoms with Crippen LogP contribution in [0.4, 0.5) is 10.2 Å². The SMILES string of the molecule is O=S(=O)(Nc1cccc(F)n1)c1ccc(Cl)c(Cl)c1. The topological polar surface area (TPSA) is 59.1 Å². The van der Waals surface area contributed by atoms with Gasteiger partial charge >= 0.3 is 0 Å². The number of hydrogen-bond acceptors (Lipinski definition) is 3. The Labute approximate surface area is 119 Å². The molecule has 0 saturated carbocycles. The Bertz CT molecular complexity index is 722. The van der Waals surface area contributed by atoms with Crippen LogP contribution in [-0.4, -0.2) is 13.4 Å². The van der Waals surface area contributed by atoms with Crippen LogP contribution in [0.5, 0.6) is 0 Å². The summed E-state index contributed by atoms with van der Waals surface area (Å²) in [5.74, 6) is -0.902. The van der Waals surface area contributed by atoms with Gasteiger partial charge in [-0.05, 0) is 30.3 Å². The minimum Gasteiger partial charge on any atom is -0.263 e. The maximum absolute atomic E-state index is 12.9. The maximum Gasteiger partial charge on any atom is 0.263 e. The molecule has 1 aromatic heterocycles. The van der Waals surface area contributed by atoms with Crippen molar-refractivity contribution in [2.45, 2.75) is 4.90 Å². The van der Waals surface area contributed by atoms with E-state index in [1.165, 1.54) is 30.3 Å². The van der Waals surface area contributed by atoms with Crippen LogP contribution in [0.15, 0.2) is 41.3 Å². The minimum atomic E-state index is -3.89. The third-order valence-electron chi connectivity index (χ3n) is 2.16. The van der Waals surface area contributed by atoms with Crippen LogP contribution in [0.25, 0.3) is 0 Å². The fourth-order valence-corrected chi connectivity index (χ4v) is 2.70. The summed E-state index contributed by atoms with van der Waals surface area (Å²) in [7, 11) is -3.89. The monoisotopic (exact) mass is 320 g/mol. The smallest absolute Gasteiger partial charge is 0.263 e. The van der Waals surface area contributed by atoms with Crippen molar-refractivity contribution < 1.29 is 12.8 Å². The molecule has 1 aromatic carbocycles. The molecule has 2 aromatic rings. The second-order valence-corrected chi connectivity index (χ2v) is 6.02. The molecule has 100 valence electrons. The van der Waals surface area contributed by atoms with Crippen molar-refractivity contribution in [1.82, 2.24) is 4.98 Å². The second-order valence-electron chi connectivity index (χ2n) is 3.53. The second kappa shape index (κ2) is 5.32. The Morgan fingerprint density at radius 1 is 1.11 bits per heavy atom. The van der Waals surface area contributed by atoms with Crippen molar-refractivity contribution in [2.75, 3.05) is 4.72 Å². The summed E-state index contributed by atoms with van der Waals surface area (Å²) in [5.41, 5.74) is 0. The molecule has 0 aliphatic carbocycles. The van der Waals surface area contributed by atoms with Crippen molar-refractivity contribution in [1.29, 1.82) is 0 Å². The molecule has 19 heavy (non-hydrogen) atoms. The number of anilines is 1. The highest BCUT2D eigenvalue weighted by molar-refractivity contribution is 7.92. The lowest BCUT2D eigenvalue weighted by atomic mass is 10.4. The molecule has 0 amide bonds. The van der Waals surface area contributed by atoms with E-state index >= 15 is 0 Å². The van der Waals surface area contributed by atoms with Crippen LogP contribution in [0.2, 0.25) is 10.0 Å². The average Bonchev–Trinajstić information content (AvgIpc) is 2.32. The number of benzene rings is 1. The molecular weight excluding hydrogens is 314 g/mol. The predicted molar refractivity (Wildman–Crippen MR) is 71.5 cm³/mol. The van der Waals surface area contributed by atoms with E-state index in [4.69, 9.17) is 23.2 Å². The summed E-state index contributed by atoms with van der Waals surface area (Å²) < 4.78 is 39.0. The van der Waals surface area contributed by atoms with E-state index < -0.39 is 16.0 Å². The van der Waals surface area contributed by atoms with Crippen molar-refractivity contribution >= 4 is 39.0 Å². The molecule has 8 heteroatoms. The number of nitrogens with zero attached hydrogens (tertiary/aromatic N) is 1. The lowest BCUT2D eigenvalue weighted by molar-refractivity contribution is 0.584. The van der Waals surface area contributed by atoms with E-state index in [0.717, 1.165) is 6.07 Å². The number of aromatic nitrogens is 1. The van der Waals surface area contributed by atoms with E-state index in [0.29, 0.717) is 0 Å². The summed E-state index contributed by atoms with van der Waals surface area (Å²) >= 11 is 11.5. The average molecular weight is 321 g/mol. The van der Waals surface area contributed by atoms with Crippen molar-refractivity contribution in [3.8, 4) is 0 Å². The van der Waals surface area contributed by atoms with Crippen molar-refractivity contribution in [3.05, 3.63) is 52.4 Å². The third-order valence-corrected chi connectivity index (χ3v) is 4.25. The van der Waals surface area contributed by atoms with Gasteiger partial charge in [-0.15, -0.1) is 0 Å². The summed E-state index contributed by atoms with van der Waals surface area (Å²) in [6, 6.07) is 7.63. The summed E-state index contributed by atoms with van der Waals surface area (Å²) in [5, 5.41) is 0.348. The first kappa shape index (κ1) is 14.0. The van der Waals surface area contributed by atoms with E-state index in [2.05, 4.69) is 9.71 Å². The molecule has 0 radical (unpaired) electrons. The van der Waals surface area contributed by atoms with Gasteiger partial charge < -0.3 is 0 Å². The number of rotatable bonds is 3. The van der Waals surface area contributed by atoms with E-state index in [1.54, 1.807) is 0 Å². The molecule has 2 rings (SSSR count).